The number of esters is 1. The Morgan fingerprint density at radius 1 is 1.13 bits per heavy atom. The second-order valence-electron chi connectivity index (χ2n) is 6.85. The number of hydrogen-bond acceptors (Lipinski definition) is 4. The molecule has 1 aliphatic rings. The van der Waals surface area contributed by atoms with E-state index in [-0.39, 0.29) is 29.9 Å². The predicted octanol–water partition coefficient (Wildman–Crippen LogP) is 4.33. The van der Waals surface area contributed by atoms with Crippen molar-refractivity contribution in [2.45, 2.75) is 32.0 Å². The predicted molar refractivity (Wildman–Crippen MR) is 102 cm³/mol. The number of halogens is 3. The maximum absolute atomic E-state index is 13.5. The van der Waals surface area contributed by atoms with Crippen LogP contribution < -0.4 is 10.1 Å². The maximum Gasteiger partial charge on any atom is 0.416 e. The number of carbonyl (C=O) groups excluding carboxylic acids is 2. The molecule has 3 rings (SSSR count). The van der Waals surface area contributed by atoms with Crippen molar-refractivity contribution < 1.29 is 32.2 Å². The molecule has 1 atom stereocenters. The van der Waals surface area contributed by atoms with E-state index >= 15 is 0 Å². The third-order valence-electron chi connectivity index (χ3n) is 4.86. The molecule has 0 saturated carbocycles. The van der Waals surface area contributed by atoms with Gasteiger partial charge < -0.3 is 14.8 Å². The number of hydrogen-bond donors (Lipinski definition) is 1. The smallest absolute Gasteiger partial charge is 0.416 e. The van der Waals surface area contributed by atoms with Crippen molar-refractivity contribution in [2.24, 2.45) is 0 Å². The van der Waals surface area contributed by atoms with E-state index in [9.17, 15) is 22.8 Å². The molecule has 0 bridgehead atoms. The Morgan fingerprint density at radius 2 is 1.80 bits per heavy atom. The maximum atomic E-state index is 13.5. The van der Waals surface area contributed by atoms with E-state index in [1.165, 1.54) is 32.2 Å². The van der Waals surface area contributed by atoms with Crippen LogP contribution in [-0.4, -0.2) is 19.0 Å². The lowest BCUT2D eigenvalue weighted by Gasteiger charge is -2.28. The Hall–Kier alpha value is -3.29. The van der Waals surface area contributed by atoms with Gasteiger partial charge in [-0.3, -0.25) is 4.79 Å². The number of carbonyl (C=O) groups is 2. The molecule has 0 saturated heterocycles. The van der Waals surface area contributed by atoms with E-state index in [0.29, 0.717) is 11.3 Å². The van der Waals surface area contributed by atoms with Crippen LogP contribution >= 0.6 is 0 Å². The molecule has 1 N–H and O–H groups in total. The SMILES string of the molecule is COc1ccc(COC(=O)C2=C(C)NC(=O)C[C@H]2c2ccccc2C(F)(F)F)cc1. The van der Waals surface area contributed by atoms with Crippen molar-refractivity contribution in [1.82, 2.24) is 5.32 Å². The number of methoxy groups -OCH3 is 1. The van der Waals surface area contributed by atoms with Crippen molar-refractivity contribution in [3.63, 3.8) is 0 Å². The standard InChI is InChI=1S/C22H20F3NO4/c1-13-20(21(28)30-12-14-7-9-15(29-2)10-8-14)17(11-19(27)26-13)16-5-3-4-6-18(16)22(23,24)25/h3-10,17H,11-12H2,1-2H3,(H,26,27)/t17-/m0/s1. The highest BCUT2D eigenvalue weighted by Gasteiger charge is 2.40. The normalized spacial score (nSPS) is 16.8. The van der Waals surface area contributed by atoms with Crippen molar-refractivity contribution >= 4 is 11.9 Å². The van der Waals surface area contributed by atoms with Crippen LogP contribution in [0.1, 0.15) is 36.0 Å². The van der Waals surface area contributed by atoms with Crippen LogP contribution in [0.3, 0.4) is 0 Å². The van der Waals surface area contributed by atoms with Gasteiger partial charge in [0.2, 0.25) is 5.91 Å². The lowest BCUT2D eigenvalue weighted by molar-refractivity contribution is -0.142. The first kappa shape index (κ1) is 21.4. The molecule has 0 radical (unpaired) electrons. The number of nitrogens with one attached hydrogen (secondary N) is 1. The number of allylic oxidation sites excluding steroid dienone is 1. The molecule has 1 heterocycles. The van der Waals surface area contributed by atoms with E-state index in [1.54, 1.807) is 24.3 Å². The van der Waals surface area contributed by atoms with Crippen molar-refractivity contribution in [3.05, 3.63) is 76.5 Å². The van der Waals surface area contributed by atoms with Crippen molar-refractivity contribution in [1.29, 1.82) is 0 Å². The highest BCUT2D eigenvalue weighted by Crippen LogP contribution is 2.41. The Morgan fingerprint density at radius 3 is 2.43 bits per heavy atom. The monoisotopic (exact) mass is 419 g/mol. The minimum absolute atomic E-state index is 0.0137. The van der Waals surface area contributed by atoms with Crippen molar-refractivity contribution in [2.75, 3.05) is 7.11 Å². The number of benzene rings is 2. The van der Waals surface area contributed by atoms with Gasteiger partial charge in [-0.15, -0.1) is 0 Å². The molecule has 5 nitrogen and oxygen atoms in total. The van der Waals surface area contributed by atoms with Gasteiger partial charge in [0.1, 0.15) is 12.4 Å². The number of ether oxygens (including phenoxy) is 2. The van der Waals surface area contributed by atoms with E-state index in [1.807, 2.05) is 0 Å². The number of rotatable bonds is 5. The second-order valence-corrected chi connectivity index (χ2v) is 6.85. The zero-order chi connectivity index (χ0) is 21.9. The first-order valence-electron chi connectivity index (χ1n) is 9.17. The molecule has 2 aromatic carbocycles. The third-order valence-corrected chi connectivity index (χ3v) is 4.86. The zero-order valence-corrected chi connectivity index (χ0v) is 16.4. The van der Waals surface area contributed by atoms with Crippen LogP contribution in [0.15, 0.2) is 59.8 Å². The fourth-order valence-corrected chi connectivity index (χ4v) is 3.44. The van der Waals surface area contributed by atoms with Crippen LogP contribution in [0, 0.1) is 0 Å². The summed E-state index contributed by atoms with van der Waals surface area (Å²) in [6.45, 7) is 1.41. The minimum Gasteiger partial charge on any atom is -0.497 e. The van der Waals surface area contributed by atoms with Gasteiger partial charge in [0.05, 0.1) is 18.2 Å². The first-order chi connectivity index (χ1) is 14.2. The third kappa shape index (κ3) is 4.64. The summed E-state index contributed by atoms with van der Waals surface area (Å²) >= 11 is 0. The highest BCUT2D eigenvalue weighted by molar-refractivity contribution is 5.96. The van der Waals surface area contributed by atoms with Gasteiger partial charge in [-0.05, 0) is 36.2 Å². The summed E-state index contributed by atoms with van der Waals surface area (Å²) in [7, 11) is 1.53. The van der Waals surface area contributed by atoms with E-state index < -0.39 is 29.5 Å². The van der Waals surface area contributed by atoms with Gasteiger partial charge in [0.15, 0.2) is 0 Å². The van der Waals surface area contributed by atoms with Gasteiger partial charge in [-0.1, -0.05) is 30.3 Å². The Kier molecular flexibility index (Phi) is 6.14. The fraction of sp³-hybridized carbons (Fsp3) is 0.273. The molecule has 0 spiro atoms. The molecule has 2 aromatic rings. The summed E-state index contributed by atoms with van der Waals surface area (Å²) < 4.78 is 51.0. The minimum atomic E-state index is -4.61. The molecule has 0 aromatic heterocycles. The van der Waals surface area contributed by atoms with Crippen LogP contribution in [0.25, 0.3) is 0 Å². The lowest BCUT2D eigenvalue weighted by atomic mass is 9.82. The van der Waals surface area contributed by atoms with Crippen LogP contribution in [-0.2, 0) is 27.1 Å². The molecular weight excluding hydrogens is 399 g/mol. The Labute approximate surface area is 171 Å². The first-order valence-corrected chi connectivity index (χ1v) is 9.17. The molecule has 158 valence electrons. The van der Waals surface area contributed by atoms with Crippen molar-refractivity contribution in [3.8, 4) is 5.75 Å². The number of amides is 1. The summed E-state index contributed by atoms with van der Waals surface area (Å²) in [5, 5.41) is 2.52. The molecule has 30 heavy (non-hydrogen) atoms. The number of alkyl halides is 3. The van der Waals surface area contributed by atoms with Gasteiger partial charge in [-0.2, -0.15) is 13.2 Å². The van der Waals surface area contributed by atoms with Crippen LogP contribution in [0.4, 0.5) is 13.2 Å². The van der Waals surface area contributed by atoms with Gasteiger partial charge in [-0.25, -0.2) is 4.79 Å². The van der Waals surface area contributed by atoms with Gasteiger partial charge >= 0.3 is 12.1 Å². The quantitative estimate of drug-likeness (QED) is 0.733. The molecular formula is C22H20F3NO4. The van der Waals surface area contributed by atoms with Gasteiger partial charge in [0.25, 0.3) is 0 Å². The Balaban J connectivity index is 1.89. The average molecular weight is 419 g/mol. The largest absolute Gasteiger partial charge is 0.497 e. The van der Waals surface area contributed by atoms with Crippen LogP contribution in [0.5, 0.6) is 5.75 Å². The fourth-order valence-electron chi connectivity index (χ4n) is 3.44. The van der Waals surface area contributed by atoms with Crippen LogP contribution in [0.2, 0.25) is 0 Å². The molecule has 1 aliphatic heterocycles. The van der Waals surface area contributed by atoms with Gasteiger partial charge in [0, 0.05) is 18.0 Å². The second kappa shape index (κ2) is 8.61. The van der Waals surface area contributed by atoms with E-state index in [4.69, 9.17) is 9.47 Å². The molecule has 8 heteroatoms. The summed E-state index contributed by atoms with van der Waals surface area (Å²) in [4.78, 5) is 24.9. The summed E-state index contributed by atoms with van der Waals surface area (Å²) in [6, 6.07) is 11.8. The highest BCUT2D eigenvalue weighted by atomic mass is 19.4. The molecule has 0 aliphatic carbocycles. The summed E-state index contributed by atoms with van der Waals surface area (Å²) in [6.07, 6.45) is -4.89. The summed E-state index contributed by atoms with van der Waals surface area (Å²) in [5.41, 5.74) is -0.115. The Bertz CT molecular complexity index is 981. The topological polar surface area (TPSA) is 64.6 Å². The van der Waals surface area contributed by atoms with E-state index in [0.717, 1.165) is 6.07 Å². The molecule has 0 fully saturated rings. The summed E-state index contributed by atoms with van der Waals surface area (Å²) in [5.74, 6) is -1.64. The lowest BCUT2D eigenvalue weighted by Crippen LogP contribution is -2.34. The molecule has 0 unspecified atom stereocenters. The average Bonchev–Trinajstić information content (AvgIpc) is 2.71. The zero-order valence-electron chi connectivity index (χ0n) is 16.4. The van der Waals surface area contributed by atoms with E-state index in [2.05, 4.69) is 5.32 Å². The molecule has 1 amide bonds.